The number of thiazole rings is 1. The van der Waals surface area contributed by atoms with Gasteiger partial charge in [0.2, 0.25) is 0 Å². The fourth-order valence-corrected chi connectivity index (χ4v) is 2.93. The molecule has 1 N–H and O–H groups in total. The maximum Gasteiger partial charge on any atom is 0.254 e. The van der Waals surface area contributed by atoms with Gasteiger partial charge >= 0.3 is 0 Å². The summed E-state index contributed by atoms with van der Waals surface area (Å²) >= 11 is 1.58. The number of hydrogen-bond acceptors (Lipinski definition) is 4. The summed E-state index contributed by atoms with van der Waals surface area (Å²) in [6, 6.07) is 0. The van der Waals surface area contributed by atoms with Crippen LogP contribution >= 0.6 is 11.3 Å². The van der Waals surface area contributed by atoms with Crippen molar-refractivity contribution in [3.05, 3.63) is 16.1 Å². The first-order valence-corrected chi connectivity index (χ1v) is 6.78. The zero-order valence-corrected chi connectivity index (χ0v) is 11.1. The van der Waals surface area contributed by atoms with E-state index >= 15 is 0 Å². The summed E-state index contributed by atoms with van der Waals surface area (Å²) in [5.41, 5.74) is -0.232. The zero-order chi connectivity index (χ0) is 12.5. The van der Waals surface area contributed by atoms with Gasteiger partial charge in [0, 0.05) is 12.4 Å². The maximum atomic E-state index is 12.1. The number of amides is 1. The van der Waals surface area contributed by atoms with E-state index in [0.29, 0.717) is 19.4 Å². The molecule has 1 aromatic heterocycles. The van der Waals surface area contributed by atoms with E-state index < -0.39 is 5.60 Å². The number of rotatable bonds is 3. The number of likely N-dealkylation sites (N-methyl/N-ethyl adjacent to an activating group) is 1. The summed E-state index contributed by atoms with van der Waals surface area (Å²) in [5, 5.41) is 13.2. The van der Waals surface area contributed by atoms with E-state index in [9.17, 15) is 9.90 Å². The lowest BCUT2D eigenvalue weighted by molar-refractivity contribution is -0.149. The molecule has 1 aromatic rings. The molecule has 0 aromatic carbocycles. The molecule has 1 aliphatic rings. The molecule has 0 bridgehead atoms. The Balaban J connectivity index is 2.00. The predicted molar refractivity (Wildman–Crippen MR) is 66.7 cm³/mol. The standard InChI is InChI=1S/C12H18N2O2S/c1-9-13-10(8-17-9)7-14(2)11(15)12(16)5-3-4-6-12/h8,16H,3-7H2,1-2H3. The largest absolute Gasteiger partial charge is 0.380 e. The average molecular weight is 254 g/mol. The van der Waals surface area contributed by atoms with E-state index in [1.54, 1.807) is 23.3 Å². The van der Waals surface area contributed by atoms with Gasteiger partial charge in [0.15, 0.2) is 0 Å². The highest BCUT2D eigenvalue weighted by atomic mass is 32.1. The summed E-state index contributed by atoms with van der Waals surface area (Å²) < 4.78 is 0. The Hall–Kier alpha value is -0.940. The van der Waals surface area contributed by atoms with Crippen molar-refractivity contribution in [2.24, 2.45) is 0 Å². The Labute approximate surface area is 105 Å². The van der Waals surface area contributed by atoms with Gasteiger partial charge in [0.1, 0.15) is 5.60 Å². The van der Waals surface area contributed by atoms with Gasteiger partial charge in [-0.2, -0.15) is 0 Å². The summed E-state index contributed by atoms with van der Waals surface area (Å²) in [6.07, 6.45) is 3.05. The number of hydrogen-bond donors (Lipinski definition) is 1. The van der Waals surface area contributed by atoms with Crippen molar-refractivity contribution in [1.29, 1.82) is 0 Å². The van der Waals surface area contributed by atoms with Crippen LogP contribution in [-0.2, 0) is 11.3 Å². The van der Waals surface area contributed by atoms with Gasteiger partial charge in [0.25, 0.3) is 5.91 Å². The third-order valence-corrected chi connectivity index (χ3v) is 4.06. The summed E-state index contributed by atoms with van der Waals surface area (Å²) in [4.78, 5) is 18.0. The molecule has 1 saturated carbocycles. The van der Waals surface area contributed by atoms with Crippen LogP contribution in [0.25, 0.3) is 0 Å². The quantitative estimate of drug-likeness (QED) is 0.893. The number of aromatic nitrogens is 1. The first-order valence-electron chi connectivity index (χ1n) is 5.90. The van der Waals surface area contributed by atoms with E-state index in [4.69, 9.17) is 0 Å². The molecule has 2 rings (SSSR count). The van der Waals surface area contributed by atoms with Crippen molar-refractivity contribution in [2.75, 3.05) is 7.05 Å². The molecule has 0 spiro atoms. The highest BCUT2D eigenvalue weighted by Crippen LogP contribution is 2.31. The second-order valence-corrected chi connectivity index (χ2v) is 5.82. The molecule has 1 aliphatic carbocycles. The third kappa shape index (κ3) is 2.66. The molecule has 0 radical (unpaired) electrons. The van der Waals surface area contributed by atoms with Crippen LogP contribution in [0.4, 0.5) is 0 Å². The van der Waals surface area contributed by atoms with Gasteiger partial charge < -0.3 is 10.0 Å². The van der Waals surface area contributed by atoms with Gasteiger partial charge in [-0.15, -0.1) is 11.3 Å². The minimum absolute atomic E-state index is 0.166. The minimum atomic E-state index is -1.13. The van der Waals surface area contributed by atoms with E-state index in [1.165, 1.54) is 0 Å². The van der Waals surface area contributed by atoms with Gasteiger partial charge in [-0.1, -0.05) is 0 Å². The van der Waals surface area contributed by atoms with Crippen LogP contribution in [0.1, 0.15) is 36.4 Å². The van der Waals surface area contributed by atoms with E-state index in [2.05, 4.69) is 4.98 Å². The molecular weight excluding hydrogens is 236 g/mol. The lowest BCUT2D eigenvalue weighted by atomic mass is 10.0. The molecule has 0 saturated heterocycles. The molecule has 1 fully saturated rings. The lowest BCUT2D eigenvalue weighted by Gasteiger charge is -2.27. The zero-order valence-electron chi connectivity index (χ0n) is 10.3. The van der Waals surface area contributed by atoms with Crippen molar-refractivity contribution in [1.82, 2.24) is 9.88 Å². The first-order chi connectivity index (χ1) is 8.01. The van der Waals surface area contributed by atoms with Crippen LogP contribution < -0.4 is 0 Å². The fraction of sp³-hybridized carbons (Fsp3) is 0.667. The lowest BCUT2D eigenvalue weighted by Crippen LogP contribution is -2.45. The van der Waals surface area contributed by atoms with E-state index in [1.807, 2.05) is 12.3 Å². The van der Waals surface area contributed by atoms with Gasteiger partial charge in [-0.05, 0) is 32.6 Å². The van der Waals surface area contributed by atoms with Crippen LogP contribution in [-0.4, -0.2) is 33.5 Å². The van der Waals surface area contributed by atoms with Crippen molar-refractivity contribution in [2.45, 2.75) is 44.8 Å². The van der Waals surface area contributed by atoms with Gasteiger partial charge in [-0.25, -0.2) is 4.98 Å². The van der Waals surface area contributed by atoms with Crippen molar-refractivity contribution in [3.8, 4) is 0 Å². The number of carbonyl (C=O) groups is 1. The van der Waals surface area contributed by atoms with E-state index in [-0.39, 0.29) is 5.91 Å². The molecule has 4 nitrogen and oxygen atoms in total. The molecule has 0 atom stereocenters. The van der Waals surface area contributed by atoms with Crippen LogP contribution in [0.3, 0.4) is 0 Å². The Kier molecular flexibility index (Phi) is 3.49. The van der Waals surface area contributed by atoms with Crippen molar-refractivity contribution < 1.29 is 9.90 Å². The predicted octanol–water partition coefficient (Wildman–Crippen LogP) is 1.72. The Morgan fingerprint density at radius 2 is 2.24 bits per heavy atom. The summed E-state index contributed by atoms with van der Waals surface area (Å²) in [7, 11) is 1.73. The fourth-order valence-electron chi connectivity index (χ4n) is 2.32. The normalized spacial score (nSPS) is 18.3. The van der Waals surface area contributed by atoms with Crippen molar-refractivity contribution in [3.63, 3.8) is 0 Å². The molecule has 1 heterocycles. The summed E-state index contributed by atoms with van der Waals surface area (Å²) in [6.45, 7) is 2.42. The highest BCUT2D eigenvalue weighted by Gasteiger charge is 2.40. The smallest absolute Gasteiger partial charge is 0.254 e. The number of aryl methyl sites for hydroxylation is 1. The molecule has 94 valence electrons. The monoisotopic (exact) mass is 254 g/mol. The van der Waals surface area contributed by atoms with Gasteiger partial charge in [0.05, 0.1) is 17.2 Å². The van der Waals surface area contributed by atoms with E-state index in [0.717, 1.165) is 23.5 Å². The molecule has 1 amide bonds. The molecular formula is C12H18N2O2S. The Morgan fingerprint density at radius 1 is 1.59 bits per heavy atom. The number of aliphatic hydroxyl groups is 1. The SMILES string of the molecule is Cc1nc(CN(C)C(=O)C2(O)CCCC2)cs1. The molecule has 0 unspecified atom stereocenters. The topological polar surface area (TPSA) is 53.4 Å². The average Bonchev–Trinajstić information content (AvgIpc) is 2.88. The van der Waals surface area contributed by atoms with Crippen LogP contribution in [0.5, 0.6) is 0 Å². The maximum absolute atomic E-state index is 12.1. The second-order valence-electron chi connectivity index (χ2n) is 4.76. The molecule has 0 aliphatic heterocycles. The van der Waals surface area contributed by atoms with Crippen LogP contribution in [0.2, 0.25) is 0 Å². The number of carbonyl (C=O) groups excluding carboxylic acids is 1. The van der Waals surface area contributed by atoms with Gasteiger partial charge in [-0.3, -0.25) is 4.79 Å². The molecule has 17 heavy (non-hydrogen) atoms. The first kappa shape index (κ1) is 12.5. The highest BCUT2D eigenvalue weighted by molar-refractivity contribution is 7.09. The number of nitrogens with zero attached hydrogens (tertiary/aromatic N) is 2. The Bertz CT molecular complexity index is 410. The minimum Gasteiger partial charge on any atom is -0.380 e. The molecule has 5 heteroatoms. The van der Waals surface area contributed by atoms with Crippen LogP contribution in [0.15, 0.2) is 5.38 Å². The van der Waals surface area contributed by atoms with Crippen LogP contribution in [0, 0.1) is 6.92 Å². The Morgan fingerprint density at radius 3 is 2.76 bits per heavy atom. The third-order valence-electron chi connectivity index (χ3n) is 3.24. The van der Waals surface area contributed by atoms with Crippen molar-refractivity contribution >= 4 is 17.2 Å². The second kappa shape index (κ2) is 4.74. The summed E-state index contributed by atoms with van der Waals surface area (Å²) in [5.74, 6) is -0.166.